The Hall–Kier alpha value is -2.69. The SMILES string of the molecule is CC1(C)CC(=O)Nc2ccc(C(=O)Nc3cccnc3)cc21. The minimum Gasteiger partial charge on any atom is -0.326 e. The standard InChI is InChI=1S/C17H17N3O2/c1-17(2)9-15(21)20-14-6-5-11(8-13(14)17)16(22)19-12-4-3-7-18-10-12/h3-8,10H,9H2,1-2H3,(H,19,22)(H,20,21). The molecule has 2 N–H and O–H groups in total. The first-order valence-electron chi connectivity index (χ1n) is 7.11. The Balaban J connectivity index is 1.90. The second-order valence-electron chi connectivity index (χ2n) is 6.07. The van der Waals surface area contributed by atoms with Crippen molar-refractivity contribution < 1.29 is 9.59 Å². The molecule has 0 unspecified atom stereocenters. The van der Waals surface area contributed by atoms with Crippen LogP contribution in [0.2, 0.25) is 0 Å². The van der Waals surface area contributed by atoms with Gasteiger partial charge in [0.15, 0.2) is 0 Å². The molecule has 5 heteroatoms. The summed E-state index contributed by atoms with van der Waals surface area (Å²) in [6.07, 6.45) is 3.66. The van der Waals surface area contributed by atoms with Gasteiger partial charge in [0.05, 0.1) is 11.9 Å². The fourth-order valence-electron chi connectivity index (χ4n) is 2.69. The summed E-state index contributed by atoms with van der Waals surface area (Å²) < 4.78 is 0. The highest BCUT2D eigenvalue weighted by Crippen LogP contribution is 2.37. The van der Waals surface area contributed by atoms with Gasteiger partial charge in [0.1, 0.15) is 0 Å². The molecule has 2 aromatic rings. The quantitative estimate of drug-likeness (QED) is 0.894. The summed E-state index contributed by atoms with van der Waals surface area (Å²) >= 11 is 0. The Bertz CT molecular complexity index is 739. The number of nitrogens with one attached hydrogen (secondary N) is 2. The van der Waals surface area contributed by atoms with Crippen molar-refractivity contribution in [1.29, 1.82) is 0 Å². The maximum Gasteiger partial charge on any atom is 0.255 e. The number of carbonyl (C=O) groups excluding carboxylic acids is 2. The number of fused-ring (bicyclic) bond motifs is 1. The van der Waals surface area contributed by atoms with Crippen LogP contribution in [0.25, 0.3) is 0 Å². The molecule has 0 saturated carbocycles. The minimum atomic E-state index is -0.289. The van der Waals surface area contributed by atoms with Gasteiger partial charge in [-0.1, -0.05) is 13.8 Å². The molecule has 112 valence electrons. The predicted octanol–water partition coefficient (Wildman–Crippen LogP) is 2.95. The number of aromatic nitrogens is 1. The number of hydrogen-bond acceptors (Lipinski definition) is 3. The number of amides is 2. The third-order valence-corrected chi connectivity index (χ3v) is 3.81. The first kappa shape index (κ1) is 14.3. The normalized spacial score (nSPS) is 15.6. The monoisotopic (exact) mass is 295 g/mol. The Morgan fingerprint density at radius 2 is 2.14 bits per heavy atom. The minimum absolute atomic E-state index is 0.00469. The van der Waals surface area contributed by atoms with E-state index in [0.29, 0.717) is 17.7 Å². The molecule has 3 rings (SSSR count). The lowest BCUT2D eigenvalue weighted by Gasteiger charge is -2.32. The van der Waals surface area contributed by atoms with E-state index in [1.807, 2.05) is 19.9 Å². The summed E-state index contributed by atoms with van der Waals surface area (Å²) in [6.45, 7) is 4.01. The molecule has 0 atom stereocenters. The average molecular weight is 295 g/mol. The van der Waals surface area contributed by atoms with Crippen LogP contribution in [-0.4, -0.2) is 16.8 Å². The third kappa shape index (κ3) is 2.70. The van der Waals surface area contributed by atoms with Crippen molar-refractivity contribution in [2.24, 2.45) is 0 Å². The van der Waals surface area contributed by atoms with Crippen LogP contribution in [0.1, 0.15) is 36.2 Å². The Morgan fingerprint density at radius 3 is 2.86 bits per heavy atom. The molecule has 1 aromatic carbocycles. The summed E-state index contributed by atoms with van der Waals surface area (Å²) in [5.41, 5.74) is 2.68. The van der Waals surface area contributed by atoms with Gasteiger partial charge in [-0.25, -0.2) is 0 Å². The summed E-state index contributed by atoms with van der Waals surface area (Å²) in [7, 11) is 0. The van der Waals surface area contributed by atoms with Gasteiger partial charge in [0.2, 0.25) is 5.91 Å². The first-order chi connectivity index (χ1) is 10.5. The average Bonchev–Trinajstić information content (AvgIpc) is 2.47. The molecule has 5 nitrogen and oxygen atoms in total. The van der Waals surface area contributed by atoms with Crippen molar-refractivity contribution in [3.05, 3.63) is 53.9 Å². The van der Waals surface area contributed by atoms with Crippen molar-refractivity contribution in [3.63, 3.8) is 0 Å². The van der Waals surface area contributed by atoms with Crippen LogP contribution in [-0.2, 0) is 10.2 Å². The highest BCUT2D eigenvalue weighted by atomic mass is 16.2. The van der Waals surface area contributed by atoms with E-state index < -0.39 is 0 Å². The van der Waals surface area contributed by atoms with Crippen molar-refractivity contribution in [2.45, 2.75) is 25.7 Å². The smallest absolute Gasteiger partial charge is 0.255 e. The molecular weight excluding hydrogens is 278 g/mol. The van der Waals surface area contributed by atoms with Gasteiger partial charge < -0.3 is 10.6 Å². The van der Waals surface area contributed by atoms with Crippen LogP contribution in [0.3, 0.4) is 0 Å². The van der Waals surface area contributed by atoms with Crippen molar-refractivity contribution in [3.8, 4) is 0 Å². The Labute approximate surface area is 128 Å². The second-order valence-corrected chi connectivity index (χ2v) is 6.07. The van der Waals surface area contributed by atoms with E-state index in [2.05, 4.69) is 15.6 Å². The molecule has 0 spiro atoms. The molecule has 1 aliphatic rings. The fourth-order valence-corrected chi connectivity index (χ4v) is 2.69. The number of carbonyl (C=O) groups is 2. The highest BCUT2D eigenvalue weighted by molar-refractivity contribution is 6.05. The summed E-state index contributed by atoms with van der Waals surface area (Å²) in [5.74, 6) is -0.187. The van der Waals surface area contributed by atoms with Gasteiger partial charge in [-0.05, 0) is 35.9 Å². The second kappa shape index (κ2) is 5.26. The zero-order valence-electron chi connectivity index (χ0n) is 12.5. The van der Waals surface area contributed by atoms with Crippen molar-refractivity contribution >= 4 is 23.2 Å². The zero-order valence-corrected chi connectivity index (χ0v) is 12.5. The predicted molar refractivity (Wildman–Crippen MR) is 84.9 cm³/mol. The number of nitrogens with zero attached hydrogens (tertiary/aromatic N) is 1. The van der Waals surface area contributed by atoms with Crippen molar-refractivity contribution in [1.82, 2.24) is 4.98 Å². The highest BCUT2D eigenvalue weighted by Gasteiger charge is 2.32. The fraction of sp³-hybridized carbons (Fsp3) is 0.235. The van der Waals surface area contributed by atoms with Crippen molar-refractivity contribution in [2.75, 3.05) is 10.6 Å². The largest absolute Gasteiger partial charge is 0.326 e. The van der Waals surface area contributed by atoms with Gasteiger partial charge in [-0.15, -0.1) is 0 Å². The molecule has 1 aliphatic heterocycles. The lowest BCUT2D eigenvalue weighted by atomic mass is 9.77. The third-order valence-electron chi connectivity index (χ3n) is 3.81. The van der Waals surface area contributed by atoms with E-state index in [9.17, 15) is 9.59 Å². The summed E-state index contributed by atoms with van der Waals surface area (Å²) in [6, 6.07) is 8.90. The number of pyridine rings is 1. The number of anilines is 2. The van der Waals surface area contributed by atoms with E-state index in [1.165, 1.54) is 0 Å². The molecular formula is C17H17N3O2. The van der Waals surface area contributed by atoms with Gasteiger partial charge in [-0.2, -0.15) is 0 Å². The van der Waals surface area contributed by atoms with Gasteiger partial charge in [0.25, 0.3) is 5.91 Å². The van der Waals surface area contributed by atoms with Crippen LogP contribution in [0, 0.1) is 0 Å². The number of benzene rings is 1. The maximum absolute atomic E-state index is 12.3. The van der Waals surface area contributed by atoms with E-state index >= 15 is 0 Å². The van der Waals surface area contributed by atoms with E-state index in [0.717, 1.165) is 11.3 Å². The summed E-state index contributed by atoms with van der Waals surface area (Å²) in [4.78, 5) is 28.0. The van der Waals surface area contributed by atoms with E-state index in [4.69, 9.17) is 0 Å². The lowest BCUT2D eigenvalue weighted by molar-refractivity contribution is -0.117. The van der Waals surface area contributed by atoms with E-state index in [1.54, 1.807) is 36.7 Å². The Morgan fingerprint density at radius 1 is 1.32 bits per heavy atom. The molecule has 0 saturated heterocycles. The molecule has 2 amide bonds. The first-order valence-corrected chi connectivity index (χ1v) is 7.11. The molecule has 2 heterocycles. The molecule has 22 heavy (non-hydrogen) atoms. The number of rotatable bonds is 2. The van der Waals surface area contributed by atoms with Crippen LogP contribution >= 0.6 is 0 Å². The van der Waals surface area contributed by atoms with Crippen LogP contribution in [0.4, 0.5) is 11.4 Å². The van der Waals surface area contributed by atoms with Crippen LogP contribution < -0.4 is 10.6 Å². The van der Waals surface area contributed by atoms with Crippen LogP contribution in [0.15, 0.2) is 42.7 Å². The van der Waals surface area contributed by atoms with E-state index in [-0.39, 0.29) is 17.2 Å². The molecule has 0 aliphatic carbocycles. The Kier molecular flexibility index (Phi) is 3.41. The van der Waals surface area contributed by atoms with Crippen LogP contribution in [0.5, 0.6) is 0 Å². The summed E-state index contributed by atoms with van der Waals surface area (Å²) in [5, 5.41) is 5.66. The zero-order chi connectivity index (χ0) is 15.7. The number of hydrogen-bond donors (Lipinski definition) is 2. The van der Waals surface area contributed by atoms with Gasteiger partial charge >= 0.3 is 0 Å². The maximum atomic E-state index is 12.3. The lowest BCUT2D eigenvalue weighted by Crippen LogP contribution is -2.32. The van der Waals surface area contributed by atoms with Gasteiger partial charge in [-0.3, -0.25) is 14.6 Å². The topological polar surface area (TPSA) is 71.1 Å². The molecule has 0 radical (unpaired) electrons. The molecule has 1 aromatic heterocycles. The molecule has 0 fully saturated rings. The molecule has 0 bridgehead atoms. The van der Waals surface area contributed by atoms with Gasteiger partial charge in [0, 0.05) is 29.3 Å².